The first-order valence-electron chi connectivity index (χ1n) is 7.03. The normalized spacial score (nSPS) is 31.8. The zero-order chi connectivity index (χ0) is 16.0. The highest BCUT2D eigenvalue weighted by atomic mass is 32.2. The Morgan fingerprint density at radius 3 is 2.38 bits per heavy atom. The van der Waals surface area contributed by atoms with Gasteiger partial charge in [0, 0.05) is 19.1 Å². The van der Waals surface area contributed by atoms with Crippen LogP contribution in [0, 0.1) is 17.3 Å². The zero-order valence-electron chi connectivity index (χ0n) is 12.5. The summed E-state index contributed by atoms with van der Waals surface area (Å²) in [5.74, 6) is -2.27. The predicted octanol–water partition coefficient (Wildman–Crippen LogP) is -0.117. The number of nitrogens with zero attached hydrogens (tertiary/aromatic N) is 1. The van der Waals surface area contributed by atoms with E-state index >= 15 is 0 Å². The first kappa shape index (κ1) is 16.2. The molecule has 3 atom stereocenters. The van der Waals surface area contributed by atoms with Crippen LogP contribution in [-0.2, 0) is 19.6 Å². The van der Waals surface area contributed by atoms with E-state index in [2.05, 4.69) is 4.72 Å². The number of carbonyl (C=O) groups excluding carboxylic acids is 1. The maximum Gasteiger partial charge on any atom is 0.307 e. The van der Waals surface area contributed by atoms with Crippen LogP contribution in [0.1, 0.15) is 26.7 Å². The molecular weight excluding hydrogens is 296 g/mol. The maximum atomic E-state index is 12.5. The van der Waals surface area contributed by atoms with Crippen LogP contribution in [0.3, 0.4) is 0 Å². The van der Waals surface area contributed by atoms with E-state index in [1.54, 1.807) is 18.7 Å². The van der Waals surface area contributed by atoms with E-state index in [0.717, 1.165) is 6.26 Å². The Balaban J connectivity index is 2.02. The molecule has 2 rings (SSSR count). The van der Waals surface area contributed by atoms with Crippen molar-refractivity contribution in [1.82, 2.24) is 9.62 Å². The van der Waals surface area contributed by atoms with Crippen molar-refractivity contribution in [2.24, 2.45) is 17.3 Å². The number of carbonyl (C=O) groups is 2. The molecule has 1 aliphatic carbocycles. The fraction of sp³-hybridized carbons (Fsp3) is 0.846. The minimum Gasteiger partial charge on any atom is -0.481 e. The zero-order valence-corrected chi connectivity index (χ0v) is 13.3. The number of piperidine rings is 1. The Hall–Kier alpha value is -1.15. The third-order valence-electron chi connectivity index (χ3n) is 4.47. The van der Waals surface area contributed by atoms with Crippen molar-refractivity contribution in [3.63, 3.8) is 0 Å². The van der Waals surface area contributed by atoms with E-state index < -0.39 is 33.2 Å². The smallest absolute Gasteiger partial charge is 0.307 e. The monoisotopic (exact) mass is 318 g/mol. The summed E-state index contributed by atoms with van der Waals surface area (Å²) in [6.07, 6.45) is 2.50. The van der Waals surface area contributed by atoms with Gasteiger partial charge in [-0.05, 0) is 18.3 Å². The van der Waals surface area contributed by atoms with Crippen molar-refractivity contribution in [1.29, 1.82) is 0 Å². The van der Waals surface area contributed by atoms with E-state index in [1.807, 2.05) is 0 Å². The summed E-state index contributed by atoms with van der Waals surface area (Å²) in [6, 6.07) is -0.289. The van der Waals surface area contributed by atoms with Crippen LogP contribution in [0.4, 0.5) is 0 Å². The third kappa shape index (κ3) is 3.37. The van der Waals surface area contributed by atoms with Crippen LogP contribution in [0.25, 0.3) is 0 Å². The van der Waals surface area contributed by atoms with Gasteiger partial charge in [-0.2, -0.15) is 0 Å². The van der Waals surface area contributed by atoms with Gasteiger partial charge in [-0.3, -0.25) is 9.59 Å². The van der Waals surface area contributed by atoms with Gasteiger partial charge >= 0.3 is 5.97 Å². The molecule has 7 nitrogen and oxygen atoms in total. The summed E-state index contributed by atoms with van der Waals surface area (Å²) in [7, 11) is -3.31. The number of nitrogens with one attached hydrogen (secondary N) is 1. The number of carboxylic acid groups (broad SMARTS) is 1. The van der Waals surface area contributed by atoms with Crippen molar-refractivity contribution in [2.45, 2.75) is 32.7 Å². The minimum atomic E-state index is -3.31. The Labute approximate surface area is 124 Å². The second-order valence-electron chi connectivity index (χ2n) is 6.63. The van der Waals surface area contributed by atoms with E-state index in [1.165, 1.54) is 0 Å². The number of aliphatic carboxylic acids is 1. The quantitative estimate of drug-likeness (QED) is 0.752. The second-order valence-corrected chi connectivity index (χ2v) is 8.41. The molecule has 1 aliphatic heterocycles. The molecule has 2 aliphatic rings. The molecule has 0 bridgehead atoms. The molecule has 2 N–H and O–H groups in total. The Morgan fingerprint density at radius 1 is 1.29 bits per heavy atom. The summed E-state index contributed by atoms with van der Waals surface area (Å²) in [4.78, 5) is 25.3. The van der Waals surface area contributed by atoms with E-state index in [9.17, 15) is 18.0 Å². The average molecular weight is 318 g/mol. The van der Waals surface area contributed by atoms with Gasteiger partial charge in [0.05, 0.1) is 18.1 Å². The largest absolute Gasteiger partial charge is 0.481 e. The van der Waals surface area contributed by atoms with Gasteiger partial charge < -0.3 is 10.0 Å². The lowest BCUT2D eigenvalue weighted by Gasteiger charge is -2.33. The molecule has 1 saturated heterocycles. The molecule has 0 radical (unpaired) electrons. The molecular formula is C13H22N2O5S. The Bertz CT molecular complexity index is 557. The molecule has 0 aromatic carbocycles. The lowest BCUT2D eigenvalue weighted by molar-refractivity contribution is -0.142. The maximum absolute atomic E-state index is 12.5. The fourth-order valence-electron chi connectivity index (χ4n) is 3.33. The highest BCUT2D eigenvalue weighted by Gasteiger charge is 2.66. The second kappa shape index (κ2) is 5.24. The van der Waals surface area contributed by atoms with Gasteiger partial charge in [-0.15, -0.1) is 0 Å². The third-order valence-corrected chi connectivity index (χ3v) is 5.23. The van der Waals surface area contributed by atoms with Crippen LogP contribution >= 0.6 is 0 Å². The first-order chi connectivity index (χ1) is 9.54. The fourth-order valence-corrected chi connectivity index (χ4v) is 4.13. The lowest BCUT2D eigenvalue weighted by atomic mass is 10.0. The molecule has 1 saturated carbocycles. The van der Waals surface area contributed by atoms with Crippen LogP contribution in [0.15, 0.2) is 0 Å². The van der Waals surface area contributed by atoms with Crippen molar-refractivity contribution >= 4 is 21.9 Å². The topological polar surface area (TPSA) is 104 Å². The van der Waals surface area contributed by atoms with Crippen LogP contribution < -0.4 is 4.72 Å². The molecule has 1 heterocycles. The van der Waals surface area contributed by atoms with E-state index in [4.69, 9.17) is 5.11 Å². The van der Waals surface area contributed by atoms with Crippen LogP contribution in [0.2, 0.25) is 0 Å². The average Bonchev–Trinajstić information content (AvgIpc) is 2.89. The summed E-state index contributed by atoms with van der Waals surface area (Å²) in [5.41, 5.74) is -0.528. The van der Waals surface area contributed by atoms with Gasteiger partial charge in [0.25, 0.3) is 0 Å². The van der Waals surface area contributed by atoms with Gasteiger partial charge in [0.1, 0.15) is 0 Å². The lowest BCUT2D eigenvalue weighted by Crippen LogP contribution is -2.50. The number of sulfonamides is 1. The molecule has 0 aromatic heterocycles. The Kier molecular flexibility index (Phi) is 4.05. The molecule has 0 spiro atoms. The summed E-state index contributed by atoms with van der Waals surface area (Å²) < 4.78 is 25.1. The highest BCUT2D eigenvalue weighted by molar-refractivity contribution is 7.88. The summed E-state index contributed by atoms with van der Waals surface area (Å²) >= 11 is 0. The van der Waals surface area contributed by atoms with Crippen LogP contribution in [0.5, 0.6) is 0 Å². The highest BCUT2D eigenvalue weighted by Crippen LogP contribution is 2.59. The SMILES string of the molecule is CC1(C)C(C(=O)O)C1C(=O)N1CCCC(NS(C)(=O)=O)C1. The number of amides is 1. The number of hydrogen-bond acceptors (Lipinski definition) is 4. The van der Waals surface area contributed by atoms with E-state index in [-0.39, 0.29) is 11.9 Å². The summed E-state index contributed by atoms with van der Waals surface area (Å²) in [5, 5.41) is 9.15. The molecule has 21 heavy (non-hydrogen) atoms. The predicted molar refractivity (Wildman–Crippen MR) is 76.0 cm³/mol. The van der Waals surface area contributed by atoms with Gasteiger partial charge in [0.15, 0.2) is 0 Å². The number of likely N-dealkylation sites (tertiary alicyclic amines) is 1. The number of hydrogen-bond donors (Lipinski definition) is 2. The number of rotatable bonds is 4. The minimum absolute atomic E-state index is 0.174. The molecule has 120 valence electrons. The molecule has 2 fully saturated rings. The Morgan fingerprint density at radius 2 is 1.90 bits per heavy atom. The summed E-state index contributed by atoms with van der Waals surface area (Å²) in [6.45, 7) is 4.43. The van der Waals surface area contributed by atoms with Crippen molar-refractivity contribution in [3.8, 4) is 0 Å². The van der Waals surface area contributed by atoms with Crippen molar-refractivity contribution in [2.75, 3.05) is 19.3 Å². The molecule has 1 amide bonds. The van der Waals surface area contributed by atoms with Crippen LogP contribution in [-0.4, -0.2) is 55.7 Å². The van der Waals surface area contributed by atoms with Crippen molar-refractivity contribution in [3.05, 3.63) is 0 Å². The molecule has 3 unspecified atom stereocenters. The van der Waals surface area contributed by atoms with Gasteiger partial charge in [-0.1, -0.05) is 13.8 Å². The van der Waals surface area contributed by atoms with Crippen molar-refractivity contribution < 1.29 is 23.1 Å². The first-order valence-corrected chi connectivity index (χ1v) is 8.92. The molecule has 0 aromatic rings. The number of carboxylic acids is 1. The van der Waals surface area contributed by atoms with Gasteiger partial charge in [-0.25, -0.2) is 13.1 Å². The standard InChI is InChI=1S/C13H22N2O5S/c1-13(2)9(10(13)12(17)18)11(16)15-6-4-5-8(7-15)14-21(3,19)20/h8-10,14H,4-7H2,1-3H3,(H,17,18). The molecule has 8 heteroatoms. The van der Waals surface area contributed by atoms with E-state index in [0.29, 0.717) is 25.9 Å². The van der Waals surface area contributed by atoms with Gasteiger partial charge in [0.2, 0.25) is 15.9 Å².